The zero-order chi connectivity index (χ0) is 21.5. The molecule has 0 radical (unpaired) electrons. The maximum Gasteiger partial charge on any atom is 0.0849 e. The Kier molecular flexibility index (Phi) is 11.6. The second-order valence-electron chi connectivity index (χ2n) is 7.78. The van der Waals surface area contributed by atoms with E-state index in [2.05, 4.69) is 57.2 Å². The molecule has 170 valence electrons. The first kappa shape index (κ1) is 27.8. The van der Waals surface area contributed by atoms with Crippen LogP contribution < -0.4 is 0 Å². The van der Waals surface area contributed by atoms with Gasteiger partial charge in [-0.05, 0) is 75.4 Å². The summed E-state index contributed by atoms with van der Waals surface area (Å²) >= 11 is 0. The number of aryl methyl sites for hydroxylation is 3. The molecular formula is C27H32ClFeN3. The number of aromatic nitrogens is 1. The van der Waals surface area contributed by atoms with E-state index in [1.165, 1.54) is 29.5 Å². The topological polar surface area (TPSA) is 37.6 Å². The van der Waals surface area contributed by atoms with Crippen molar-refractivity contribution in [2.45, 2.75) is 53.9 Å². The van der Waals surface area contributed by atoms with Gasteiger partial charge >= 0.3 is 0 Å². The molecule has 1 aromatic heterocycles. The minimum atomic E-state index is 0. The number of rotatable bonds is 7. The van der Waals surface area contributed by atoms with Crippen LogP contribution in [0.2, 0.25) is 0 Å². The third-order valence-electron chi connectivity index (χ3n) is 5.29. The minimum absolute atomic E-state index is 0. The van der Waals surface area contributed by atoms with Crippen LogP contribution in [0, 0.1) is 13.8 Å². The van der Waals surface area contributed by atoms with Crippen LogP contribution >= 0.6 is 12.4 Å². The molecule has 3 rings (SSSR count). The fourth-order valence-corrected chi connectivity index (χ4v) is 3.48. The van der Waals surface area contributed by atoms with Crippen LogP contribution in [0.25, 0.3) is 0 Å². The first-order valence-corrected chi connectivity index (χ1v) is 10.7. The number of unbranched alkanes of at least 4 members (excludes halogenated alkanes) is 1. The van der Waals surface area contributed by atoms with Gasteiger partial charge in [0.1, 0.15) is 0 Å². The average molecular weight is 490 g/mol. The van der Waals surface area contributed by atoms with Crippen LogP contribution in [0.1, 0.15) is 61.7 Å². The molecule has 3 nitrogen and oxygen atoms in total. The molecule has 32 heavy (non-hydrogen) atoms. The Bertz CT molecular complexity index is 1070. The van der Waals surface area contributed by atoms with Crippen LogP contribution in [0.5, 0.6) is 0 Å². The fraction of sp³-hybridized carbons (Fsp3) is 0.296. The Morgan fingerprint density at radius 1 is 0.781 bits per heavy atom. The predicted octanol–water partition coefficient (Wildman–Crippen LogP) is 7.74. The van der Waals surface area contributed by atoms with E-state index in [-0.39, 0.29) is 29.5 Å². The molecular weight excluding hydrogens is 458 g/mol. The largest absolute Gasteiger partial charge is 0.251 e. The van der Waals surface area contributed by atoms with E-state index >= 15 is 0 Å². The second-order valence-corrected chi connectivity index (χ2v) is 7.78. The van der Waals surface area contributed by atoms with Gasteiger partial charge in [-0.15, -0.1) is 12.4 Å². The summed E-state index contributed by atoms with van der Waals surface area (Å²) < 4.78 is 0. The summed E-state index contributed by atoms with van der Waals surface area (Å²) in [5.74, 6) is 0. The van der Waals surface area contributed by atoms with Gasteiger partial charge in [-0.3, -0.25) is 9.98 Å². The summed E-state index contributed by atoms with van der Waals surface area (Å²) in [5, 5.41) is 0. The molecule has 0 bridgehead atoms. The van der Waals surface area contributed by atoms with Gasteiger partial charge in [0.25, 0.3) is 0 Å². The zero-order valence-electron chi connectivity index (χ0n) is 19.5. The summed E-state index contributed by atoms with van der Waals surface area (Å²) in [4.78, 5) is 14.6. The van der Waals surface area contributed by atoms with Crippen molar-refractivity contribution in [1.29, 1.82) is 0 Å². The van der Waals surface area contributed by atoms with Gasteiger partial charge < -0.3 is 0 Å². The van der Waals surface area contributed by atoms with Crippen molar-refractivity contribution in [3.63, 3.8) is 0 Å². The normalized spacial score (nSPS) is 11.5. The summed E-state index contributed by atoms with van der Waals surface area (Å²) in [6, 6.07) is 20.7. The minimum Gasteiger partial charge on any atom is -0.251 e. The van der Waals surface area contributed by atoms with Gasteiger partial charge in [-0.2, -0.15) is 0 Å². The molecule has 0 unspecified atom stereocenters. The number of hydrogen-bond acceptors (Lipinski definition) is 3. The van der Waals surface area contributed by atoms with Gasteiger partial charge in [0.2, 0.25) is 0 Å². The van der Waals surface area contributed by atoms with E-state index in [4.69, 9.17) is 15.0 Å². The Hall–Kier alpha value is -2.26. The molecule has 3 aromatic rings. The van der Waals surface area contributed by atoms with Crippen LogP contribution in [-0.2, 0) is 23.5 Å². The van der Waals surface area contributed by atoms with Crippen molar-refractivity contribution in [2.24, 2.45) is 9.98 Å². The molecule has 1 heterocycles. The third-order valence-corrected chi connectivity index (χ3v) is 5.29. The van der Waals surface area contributed by atoms with E-state index in [0.29, 0.717) is 0 Å². The molecule has 0 aliphatic rings. The molecule has 0 saturated carbocycles. The quantitative estimate of drug-likeness (QED) is 0.247. The second kappa shape index (κ2) is 13.3. The summed E-state index contributed by atoms with van der Waals surface area (Å²) in [6.45, 7) is 10.4. The van der Waals surface area contributed by atoms with Crippen molar-refractivity contribution in [2.75, 3.05) is 0 Å². The Labute approximate surface area is 209 Å². The van der Waals surface area contributed by atoms with E-state index < -0.39 is 0 Å². The van der Waals surface area contributed by atoms with Crippen molar-refractivity contribution < 1.29 is 17.1 Å². The zero-order valence-corrected chi connectivity index (χ0v) is 21.4. The average Bonchev–Trinajstić information content (AvgIpc) is 2.75. The van der Waals surface area contributed by atoms with Gasteiger partial charge in [-0.1, -0.05) is 55.8 Å². The predicted molar refractivity (Wildman–Crippen MR) is 136 cm³/mol. The third kappa shape index (κ3) is 7.13. The monoisotopic (exact) mass is 489 g/mol. The van der Waals surface area contributed by atoms with E-state index in [1.807, 2.05) is 38.1 Å². The maximum atomic E-state index is 4.91. The molecule has 0 saturated heterocycles. The van der Waals surface area contributed by atoms with Crippen molar-refractivity contribution >= 4 is 35.2 Å². The van der Waals surface area contributed by atoms with Crippen LogP contribution in [0.15, 0.2) is 70.6 Å². The SMILES string of the molecule is CCCCc1ccccc1N=C(C)c1cccc(C(C)=Nc2c(C)cccc2C)n1.Cl.[Fe]. The Balaban J connectivity index is 0.00000256. The molecule has 0 spiro atoms. The number of benzene rings is 2. The van der Waals surface area contributed by atoms with Crippen molar-refractivity contribution in [3.8, 4) is 0 Å². The Morgan fingerprint density at radius 2 is 1.34 bits per heavy atom. The fourth-order valence-electron chi connectivity index (χ4n) is 3.48. The first-order valence-electron chi connectivity index (χ1n) is 10.7. The smallest absolute Gasteiger partial charge is 0.0849 e. The summed E-state index contributed by atoms with van der Waals surface area (Å²) in [6.07, 6.45) is 3.41. The first-order chi connectivity index (χ1) is 14.5. The van der Waals surface area contributed by atoms with E-state index in [1.54, 1.807) is 0 Å². The maximum absolute atomic E-state index is 4.91. The van der Waals surface area contributed by atoms with E-state index in [9.17, 15) is 0 Å². The molecule has 2 aromatic carbocycles. The van der Waals surface area contributed by atoms with Crippen LogP contribution in [-0.4, -0.2) is 16.4 Å². The molecule has 0 fully saturated rings. The van der Waals surface area contributed by atoms with Crippen LogP contribution in [0.3, 0.4) is 0 Å². The Morgan fingerprint density at radius 3 is 1.97 bits per heavy atom. The van der Waals surface area contributed by atoms with Gasteiger partial charge in [0, 0.05) is 17.1 Å². The number of nitrogens with zero attached hydrogens (tertiary/aromatic N) is 3. The van der Waals surface area contributed by atoms with Crippen LogP contribution in [0.4, 0.5) is 11.4 Å². The number of halogens is 1. The number of pyridine rings is 1. The number of aliphatic imine (C=N–C) groups is 2. The summed E-state index contributed by atoms with van der Waals surface area (Å²) in [5.41, 5.74) is 9.29. The molecule has 0 aliphatic heterocycles. The number of hydrogen-bond donors (Lipinski definition) is 0. The van der Waals surface area contributed by atoms with Gasteiger partial charge in [0.05, 0.1) is 34.2 Å². The molecule has 0 atom stereocenters. The number of para-hydroxylation sites is 2. The standard InChI is InChI=1S/C27H31N3.ClH.Fe/c1-6-7-14-23-15-8-9-16-26(23)28-21(4)24-17-11-18-25(30-24)22(5)29-27-19(2)12-10-13-20(27)3;;/h8-13,15-18H,6-7,14H2,1-5H3;1H;. The molecule has 0 N–H and O–H groups in total. The van der Waals surface area contributed by atoms with Crippen molar-refractivity contribution in [1.82, 2.24) is 4.98 Å². The van der Waals surface area contributed by atoms with Crippen molar-refractivity contribution in [3.05, 3.63) is 88.7 Å². The van der Waals surface area contributed by atoms with Gasteiger partial charge in [-0.25, -0.2) is 4.98 Å². The molecule has 0 aliphatic carbocycles. The van der Waals surface area contributed by atoms with E-state index in [0.717, 1.165) is 40.6 Å². The summed E-state index contributed by atoms with van der Waals surface area (Å²) in [7, 11) is 0. The molecule has 5 heteroatoms. The van der Waals surface area contributed by atoms with Gasteiger partial charge in [0.15, 0.2) is 0 Å². The molecule has 0 amide bonds.